The van der Waals surface area contributed by atoms with Crippen LogP contribution < -0.4 is 5.32 Å². The zero-order valence-electron chi connectivity index (χ0n) is 15.2. The Hall–Kier alpha value is -3.55. The number of H-pyrrole nitrogens is 1. The third-order valence-corrected chi connectivity index (χ3v) is 4.73. The van der Waals surface area contributed by atoms with E-state index in [2.05, 4.69) is 25.5 Å². The predicted molar refractivity (Wildman–Crippen MR) is 103 cm³/mol. The van der Waals surface area contributed by atoms with E-state index in [1.807, 2.05) is 42.5 Å². The second kappa shape index (κ2) is 7.99. The highest BCUT2D eigenvalue weighted by molar-refractivity contribution is 5.96. The quantitative estimate of drug-likeness (QED) is 0.684. The number of aromatic nitrogens is 4. The van der Waals surface area contributed by atoms with Gasteiger partial charge in [-0.15, -0.1) is 10.2 Å². The van der Waals surface area contributed by atoms with Gasteiger partial charge < -0.3 is 9.88 Å². The van der Waals surface area contributed by atoms with Crippen LogP contribution in [-0.2, 0) is 16.0 Å². The van der Waals surface area contributed by atoms with Crippen LogP contribution in [0, 0.1) is 5.92 Å². The molecule has 3 heterocycles. The van der Waals surface area contributed by atoms with Crippen molar-refractivity contribution in [2.24, 2.45) is 5.92 Å². The van der Waals surface area contributed by atoms with Gasteiger partial charge >= 0.3 is 0 Å². The fourth-order valence-corrected chi connectivity index (χ4v) is 3.23. The molecule has 0 aliphatic carbocycles. The second-order valence-corrected chi connectivity index (χ2v) is 6.70. The summed E-state index contributed by atoms with van der Waals surface area (Å²) in [4.78, 5) is 33.7. The van der Waals surface area contributed by atoms with Crippen molar-refractivity contribution >= 4 is 17.8 Å². The minimum atomic E-state index is -0.397. The number of carbonyl (C=O) groups is 2. The molecule has 1 unspecified atom stereocenters. The lowest BCUT2D eigenvalue weighted by molar-refractivity contribution is -0.128. The molecule has 142 valence electrons. The lowest BCUT2D eigenvalue weighted by atomic mass is 10.1. The van der Waals surface area contributed by atoms with Gasteiger partial charge in [0.15, 0.2) is 5.82 Å². The molecular weight excluding hydrogens is 356 g/mol. The van der Waals surface area contributed by atoms with Gasteiger partial charge in [0.2, 0.25) is 17.8 Å². The number of aromatic amines is 1. The molecule has 2 aromatic heterocycles. The van der Waals surface area contributed by atoms with Crippen LogP contribution in [0.4, 0.5) is 5.95 Å². The number of benzene rings is 1. The number of likely N-dealkylation sites (tertiary alicyclic amines) is 1. The van der Waals surface area contributed by atoms with Gasteiger partial charge in [-0.25, -0.2) is 0 Å². The van der Waals surface area contributed by atoms with E-state index in [-0.39, 0.29) is 24.2 Å². The molecule has 1 aromatic carbocycles. The minimum absolute atomic E-state index is 0.00262. The molecule has 28 heavy (non-hydrogen) atoms. The Kier molecular flexibility index (Phi) is 5.09. The Labute approximate surface area is 162 Å². The monoisotopic (exact) mass is 376 g/mol. The molecule has 2 amide bonds. The van der Waals surface area contributed by atoms with Crippen LogP contribution >= 0.6 is 0 Å². The highest BCUT2D eigenvalue weighted by atomic mass is 16.2. The molecule has 8 nitrogen and oxygen atoms in total. The number of carbonyl (C=O) groups excluding carboxylic acids is 2. The predicted octanol–water partition coefficient (Wildman–Crippen LogP) is 1.90. The first kappa shape index (κ1) is 17.8. The van der Waals surface area contributed by atoms with Crippen LogP contribution in [0.25, 0.3) is 11.5 Å². The molecule has 4 rings (SSSR count). The SMILES string of the molecule is O=C(Nc1nnc(-c2ccccn2)[nH]1)C1CC(=O)N(CCc2ccccc2)C1. The van der Waals surface area contributed by atoms with Crippen LogP contribution in [-0.4, -0.2) is 50.0 Å². The van der Waals surface area contributed by atoms with Crippen molar-refractivity contribution in [3.8, 4) is 11.5 Å². The second-order valence-electron chi connectivity index (χ2n) is 6.70. The summed E-state index contributed by atoms with van der Waals surface area (Å²) in [5, 5.41) is 10.7. The van der Waals surface area contributed by atoms with Crippen molar-refractivity contribution in [1.82, 2.24) is 25.1 Å². The van der Waals surface area contributed by atoms with Crippen molar-refractivity contribution in [3.63, 3.8) is 0 Å². The smallest absolute Gasteiger partial charge is 0.232 e. The summed E-state index contributed by atoms with van der Waals surface area (Å²) < 4.78 is 0. The molecule has 8 heteroatoms. The summed E-state index contributed by atoms with van der Waals surface area (Å²) in [6, 6.07) is 15.4. The van der Waals surface area contributed by atoms with E-state index < -0.39 is 5.92 Å². The summed E-state index contributed by atoms with van der Waals surface area (Å²) in [7, 11) is 0. The Morgan fingerprint density at radius 3 is 2.75 bits per heavy atom. The molecule has 0 spiro atoms. The maximum absolute atomic E-state index is 12.5. The van der Waals surface area contributed by atoms with Gasteiger partial charge in [-0.3, -0.25) is 19.9 Å². The average molecular weight is 376 g/mol. The van der Waals surface area contributed by atoms with E-state index in [4.69, 9.17) is 0 Å². The van der Waals surface area contributed by atoms with Crippen molar-refractivity contribution in [1.29, 1.82) is 0 Å². The van der Waals surface area contributed by atoms with Gasteiger partial charge in [-0.2, -0.15) is 0 Å². The standard InChI is InChI=1S/C20H20N6O2/c27-17-12-15(13-26(17)11-9-14-6-2-1-3-7-14)19(28)23-20-22-18(24-25-20)16-8-4-5-10-21-16/h1-8,10,15H,9,11-13H2,(H2,22,23,24,25,28). The van der Waals surface area contributed by atoms with Gasteiger partial charge in [0.25, 0.3) is 0 Å². The van der Waals surface area contributed by atoms with Crippen molar-refractivity contribution in [2.45, 2.75) is 12.8 Å². The van der Waals surface area contributed by atoms with Crippen molar-refractivity contribution < 1.29 is 9.59 Å². The molecular formula is C20H20N6O2. The fourth-order valence-electron chi connectivity index (χ4n) is 3.23. The van der Waals surface area contributed by atoms with Crippen LogP contribution in [0.3, 0.4) is 0 Å². The molecule has 1 fully saturated rings. The van der Waals surface area contributed by atoms with Gasteiger partial charge in [0.1, 0.15) is 5.69 Å². The Balaban J connectivity index is 1.33. The van der Waals surface area contributed by atoms with Gasteiger partial charge in [0.05, 0.1) is 5.92 Å². The van der Waals surface area contributed by atoms with E-state index in [0.29, 0.717) is 24.6 Å². The molecule has 1 saturated heterocycles. The summed E-state index contributed by atoms with van der Waals surface area (Å²) in [6.07, 6.45) is 2.64. The zero-order valence-corrected chi connectivity index (χ0v) is 15.2. The third kappa shape index (κ3) is 4.06. The molecule has 2 N–H and O–H groups in total. The molecule has 0 radical (unpaired) electrons. The fraction of sp³-hybridized carbons (Fsp3) is 0.250. The van der Waals surface area contributed by atoms with Gasteiger partial charge in [-0.05, 0) is 24.1 Å². The first-order valence-corrected chi connectivity index (χ1v) is 9.15. The number of hydrogen-bond acceptors (Lipinski definition) is 5. The minimum Gasteiger partial charge on any atom is -0.342 e. The number of amides is 2. The molecule has 1 atom stereocenters. The number of anilines is 1. The van der Waals surface area contributed by atoms with E-state index in [1.165, 1.54) is 5.56 Å². The van der Waals surface area contributed by atoms with Crippen LogP contribution in [0.2, 0.25) is 0 Å². The van der Waals surface area contributed by atoms with E-state index >= 15 is 0 Å². The summed E-state index contributed by atoms with van der Waals surface area (Å²) in [5.74, 6) is 0.0949. The topological polar surface area (TPSA) is 104 Å². The number of nitrogens with zero attached hydrogens (tertiary/aromatic N) is 4. The van der Waals surface area contributed by atoms with Gasteiger partial charge in [-0.1, -0.05) is 36.4 Å². The van der Waals surface area contributed by atoms with E-state index in [1.54, 1.807) is 17.2 Å². The normalized spacial score (nSPS) is 16.4. The average Bonchev–Trinajstić information content (AvgIpc) is 3.34. The van der Waals surface area contributed by atoms with Crippen molar-refractivity contribution in [3.05, 3.63) is 60.3 Å². The molecule has 0 bridgehead atoms. The maximum atomic E-state index is 12.5. The van der Waals surface area contributed by atoms with Crippen LogP contribution in [0.5, 0.6) is 0 Å². The number of rotatable bonds is 6. The summed E-state index contributed by atoms with van der Waals surface area (Å²) in [6.45, 7) is 1.03. The first-order chi connectivity index (χ1) is 13.7. The lowest BCUT2D eigenvalue weighted by Gasteiger charge is -2.16. The highest BCUT2D eigenvalue weighted by Crippen LogP contribution is 2.20. The third-order valence-electron chi connectivity index (χ3n) is 4.73. The Morgan fingerprint density at radius 2 is 1.96 bits per heavy atom. The summed E-state index contributed by atoms with van der Waals surface area (Å²) >= 11 is 0. The highest BCUT2D eigenvalue weighted by Gasteiger charge is 2.34. The lowest BCUT2D eigenvalue weighted by Crippen LogP contribution is -2.30. The van der Waals surface area contributed by atoms with Crippen LogP contribution in [0.15, 0.2) is 54.7 Å². The summed E-state index contributed by atoms with van der Waals surface area (Å²) in [5.41, 5.74) is 1.81. The number of nitrogens with one attached hydrogen (secondary N) is 2. The number of pyridine rings is 1. The van der Waals surface area contributed by atoms with Gasteiger partial charge in [0, 0.05) is 25.7 Å². The molecule has 3 aromatic rings. The number of hydrogen-bond donors (Lipinski definition) is 2. The largest absolute Gasteiger partial charge is 0.342 e. The van der Waals surface area contributed by atoms with E-state index in [9.17, 15) is 9.59 Å². The van der Waals surface area contributed by atoms with E-state index in [0.717, 1.165) is 6.42 Å². The first-order valence-electron chi connectivity index (χ1n) is 9.15. The Morgan fingerprint density at radius 1 is 1.14 bits per heavy atom. The Bertz CT molecular complexity index is 957. The molecule has 1 aliphatic rings. The van der Waals surface area contributed by atoms with Crippen molar-refractivity contribution in [2.75, 3.05) is 18.4 Å². The maximum Gasteiger partial charge on any atom is 0.232 e. The molecule has 0 saturated carbocycles. The zero-order chi connectivity index (χ0) is 19.3. The van der Waals surface area contributed by atoms with Crippen LogP contribution in [0.1, 0.15) is 12.0 Å². The molecule has 1 aliphatic heterocycles.